The maximum Gasteiger partial charge on any atom is 0.728 e. The van der Waals surface area contributed by atoms with Gasteiger partial charge in [0, 0.05) is 6.07 Å². The van der Waals surface area contributed by atoms with E-state index in [2.05, 4.69) is 0 Å². The highest BCUT2D eigenvalue weighted by Gasteiger charge is 2.42. The van der Waals surface area contributed by atoms with Gasteiger partial charge in [0.2, 0.25) is 0 Å². The van der Waals surface area contributed by atoms with Crippen LogP contribution < -0.4 is 28.0 Å². The van der Waals surface area contributed by atoms with Gasteiger partial charge in [-0.25, -0.2) is 0 Å². The average molecular weight is 515 g/mol. The van der Waals surface area contributed by atoms with Crippen LogP contribution in [-0.4, -0.2) is 14.2 Å². The molecule has 0 spiro atoms. The van der Waals surface area contributed by atoms with E-state index in [1.165, 1.54) is 28.9 Å². The molecule has 10 heteroatoms. The van der Waals surface area contributed by atoms with Crippen LogP contribution in [0.5, 0.6) is 28.7 Å². The van der Waals surface area contributed by atoms with E-state index in [4.69, 9.17) is 29.0 Å². The summed E-state index contributed by atoms with van der Waals surface area (Å²) < 4.78 is 36.7. The van der Waals surface area contributed by atoms with Gasteiger partial charge in [-0.05, 0) is 60.7 Å². The lowest BCUT2D eigenvalue weighted by molar-refractivity contribution is -0.536. The number of benzene rings is 3. The molecule has 0 saturated heterocycles. The molecule has 0 fully saturated rings. The molecule has 0 unspecified atom stereocenters. The number of hydrogen-bond donors (Lipinski definition) is 0. The molecule has 4 rings (SSSR count). The molecule has 3 aromatic carbocycles. The fourth-order valence-electron chi connectivity index (χ4n) is 2.90. The summed E-state index contributed by atoms with van der Waals surface area (Å²) in [5.41, 5.74) is 0.738. The van der Waals surface area contributed by atoms with Crippen molar-refractivity contribution in [1.29, 1.82) is 10.5 Å². The maximum atomic E-state index is 13.7. The molecule has 0 N–H and O–H groups in total. The third-order valence-electron chi connectivity index (χ3n) is 4.72. The molecule has 0 aliphatic heterocycles. The van der Waals surface area contributed by atoms with Crippen LogP contribution in [-0.2, 0) is 4.57 Å². The van der Waals surface area contributed by atoms with E-state index in [1.54, 1.807) is 87.0 Å². The van der Waals surface area contributed by atoms with E-state index in [1.807, 2.05) is 12.1 Å². The summed E-state index contributed by atoms with van der Waals surface area (Å²) in [7, 11) is -0.814. The molecule has 4 aromatic rings. The van der Waals surface area contributed by atoms with Gasteiger partial charge in [0.15, 0.2) is 12.4 Å². The Morgan fingerprint density at radius 2 is 1.22 bits per heavy atom. The van der Waals surface area contributed by atoms with Crippen molar-refractivity contribution in [3.8, 4) is 40.9 Å². The quantitative estimate of drug-likeness (QED) is 0.327. The lowest BCUT2D eigenvalue weighted by Gasteiger charge is -2.14. The number of rotatable bonds is 7. The molecule has 0 aliphatic carbocycles. The Kier molecular flexibility index (Phi) is 9.10. The lowest BCUT2D eigenvalue weighted by Crippen LogP contribution is -2.35. The molecular weight excluding hydrogens is 493 g/mol. The molecular formula is C27H22N3O6P. The summed E-state index contributed by atoms with van der Waals surface area (Å²) in [6.45, 7) is 0. The first kappa shape index (κ1) is 26.6. The highest BCUT2D eigenvalue weighted by Crippen LogP contribution is 2.44. The Morgan fingerprint density at radius 1 is 0.730 bits per heavy atom. The van der Waals surface area contributed by atoms with Crippen LogP contribution in [0.25, 0.3) is 0 Å². The van der Waals surface area contributed by atoms with Crippen LogP contribution in [0, 0.1) is 22.7 Å². The first-order valence-corrected chi connectivity index (χ1v) is 12.3. The van der Waals surface area contributed by atoms with Crippen molar-refractivity contribution in [3.05, 3.63) is 108 Å². The SMILES string of the molecule is COc1ccc(OP(=O)(Oc2ccc(OC)cc2)[n+]2cccc(C#N)c2)cc1.N#Cc1cccc([O-])c1. The number of nitrogens with zero attached hydrogens (tertiary/aromatic N) is 3. The largest absolute Gasteiger partial charge is 0.872 e. The van der Waals surface area contributed by atoms with Crippen LogP contribution in [0.1, 0.15) is 11.1 Å². The van der Waals surface area contributed by atoms with Gasteiger partial charge in [-0.2, -0.15) is 15.1 Å². The molecule has 1 aromatic heterocycles. The van der Waals surface area contributed by atoms with Crippen molar-refractivity contribution in [1.82, 2.24) is 0 Å². The Balaban J connectivity index is 0.000000356. The highest BCUT2D eigenvalue weighted by molar-refractivity contribution is 7.47. The minimum absolute atomic E-state index is 0.117. The second-order valence-corrected chi connectivity index (χ2v) is 8.99. The van der Waals surface area contributed by atoms with Gasteiger partial charge in [0.05, 0.1) is 25.9 Å². The zero-order valence-corrected chi connectivity index (χ0v) is 20.9. The number of methoxy groups -OCH3 is 2. The molecule has 0 saturated carbocycles. The van der Waals surface area contributed by atoms with E-state index >= 15 is 0 Å². The van der Waals surface area contributed by atoms with Crippen LogP contribution in [0.4, 0.5) is 0 Å². The molecule has 186 valence electrons. The Bertz CT molecular complexity index is 1410. The predicted octanol–water partition coefficient (Wildman–Crippen LogP) is 4.61. The fourth-order valence-corrected chi connectivity index (χ4v) is 4.41. The van der Waals surface area contributed by atoms with E-state index < -0.39 is 7.75 Å². The summed E-state index contributed by atoms with van der Waals surface area (Å²) in [5.74, 6) is 1.81. The molecule has 9 nitrogen and oxygen atoms in total. The minimum Gasteiger partial charge on any atom is -0.872 e. The van der Waals surface area contributed by atoms with Crippen LogP contribution in [0.2, 0.25) is 0 Å². The lowest BCUT2D eigenvalue weighted by atomic mass is 10.2. The highest BCUT2D eigenvalue weighted by atomic mass is 31.2. The fraction of sp³-hybridized carbons (Fsp3) is 0.0741. The van der Waals surface area contributed by atoms with Gasteiger partial charge in [-0.1, -0.05) is 22.5 Å². The van der Waals surface area contributed by atoms with Gasteiger partial charge < -0.3 is 23.6 Å². The molecule has 0 atom stereocenters. The minimum atomic E-state index is -3.92. The van der Waals surface area contributed by atoms with Gasteiger partial charge in [0.1, 0.15) is 34.6 Å². The molecule has 1 heterocycles. The van der Waals surface area contributed by atoms with E-state index in [0.717, 1.165) is 0 Å². The average Bonchev–Trinajstić information content (AvgIpc) is 2.94. The molecule has 0 aliphatic rings. The smallest absolute Gasteiger partial charge is 0.728 e. The van der Waals surface area contributed by atoms with Gasteiger partial charge in [-0.3, -0.25) is 0 Å². The molecule has 0 bridgehead atoms. The van der Waals surface area contributed by atoms with Crippen molar-refractivity contribution in [3.63, 3.8) is 0 Å². The third kappa shape index (κ3) is 7.50. The third-order valence-corrected chi connectivity index (χ3v) is 6.42. The summed E-state index contributed by atoms with van der Waals surface area (Å²) in [6, 6.07) is 26.2. The summed E-state index contributed by atoms with van der Waals surface area (Å²) in [5, 5.41) is 27.9. The number of nitriles is 2. The van der Waals surface area contributed by atoms with Crippen molar-refractivity contribution in [2.24, 2.45) is 0 Å². The van der Waals surface area contributed by atoms with Crippen LogP contribution >= 0.6 is 7.75 Å². The van der Waals surface area contributed by atoms with Crippen molar-refractivity contribution < 1.29 is 32.5 Å². The number of pyridine rings is 1. The van der Waals surface area contributed by atoms with Crippen LogP contribution in [0.3, 0.4) is 0 Å². The van der Waals surface area contributed by atoms with Gasteiger partial charge >= 0.3 is 7.75 Å². The number of ether oxygens (including phenoxy) is 2. The second kappa shape index (κ2) is 12.6. The first-order valence-electron chi connectivity index (χ1n) is 10.8. The molecule has 37 heavy (non-hydrogen) atoms. The van der Waals surface area contributed by atoms with E-state index in [0.29, 0.717) is 34.1 Å². The van der Waals surface area contributed by atoms with Crippen molar-refractivity contribution in [2.45, 2.75) is 0 Å². The maximum absolute atomic E-state index is 13.7. The summed E-state index contributed by atoms with van der Waals surface area (Å²) in [6.07, 6.45) is 2.93. The van der Waals surface area contributed by atoms with Crippen molar-refractivity contribution >= 4 is 7.75 Å². The van der Waals surface area contributed by atoms with E-state index in [-0.39, 0.29) is 5.75 Å². The standard InChI is InChI=1S/C20H18N2O5P.C7H5NO/c1-24-17-5-9-19(10-6-17)26-28(23,22-13-3-4-16(14-21)15-22)27-20-11-7-18(25-2)8-12-20;8-5-6-2-1-3-7(9)4-6/h3-13,15H,1-2H3;1-4,9H/q+1;/p-1. The van der Waals surface area contributed by atoms with Crippen LogP contribution in [0.15, 0.2) is 97.3 Å². The molecule has 0 amide bonds. The predicted molar refractivity (Wildman–Crippen MR) is 132 cm³/mol. The number of hydrogen-bond acceptors (Lipinski definition) is 8. The van der Waals surface area contributed by atoms with Gasteiger partial charge in [0.25, 0.3) is 0 Å². The topological polar surface area (TPSA) is 129 Å². The second-order valence-electron chi connectivity index (χ2n) is 7.23. The molecule has 0 radical (unpaired) electrons. The monoisotopic (exact) mass is 515 g/mol. The van der Waals surface area contributed by atoms with Crippen molar-refractivity contribution in [2.75, 3.05) is 14.2 Å². The zero-order valence-electron chi connectivity index (χ0n) is 20.0. The zero-order chi connectivity index (χ0) is 26.7. The Labute approximate surface area is 214 Å². The Morgan fingerprint density at radius 3 is 1.65 bits per heavy atom. The Hall–Kier alpha value is -4.98. The number of aromatic nitrogens is 1. The summed E-state index contributed by atoms with van der Waals surface area (Å²) in [4.78, 5) is 0. The summed E-state index contributed by atoms with van der Waals surface area (Å²) >= 11 is 0. The van der Waals surface area contributed by atoms with E-state index in [9.17, 15) is 9.67 Å². The first-order chi connectivity index (χ1) is 17.9. The normalized spacial score (nSPS) is 10.1. The van der Waals surface area contributed by atoms with Gasteiger partial charge in [-0.15, -0.1) is 5.75 Å².